The summed E-state index contributed by atoms with van der Waals surface area (Å²) in [6.45, 7) is 5.17. The molecule has 3 aromatic heterocycles. The minimum absolute atomic E-state index is 0. The Labute approximate surface area is 189 Å². The van der Waals surface area contributed by atoms with E-state index in [1.807, 2.05) is 35.9 Å². The molecule has 166 valence electrons. The first-order valence-corrected chi connectivity index (χ1v) is 10.2. The highest BCUT2D eigenvalue weighted by atomic mass is 35.5. The first-order chi connectivity index (χ1) is 15.0. The molecule has 0 aliphatic carbocycles. The van der Waals surface area contributed by atoms with E-state index >= 15 is 0 Å². The van der Waals surface area contributed by atoms with Crippen molar-refractivity contribution in [2.45, 2.75) is 26.3 Å². The number of fused-ring (bicyclic) bond motifs is 3. The lowest BCUT2D eigenvalue weighted by molar-refractivity contribution is 0.249. The molecule has 2 aliphatic heterocycles. The topological polar surface area (TPSA) is 78.5 Å². The van der Waals surface area contributed by atoms with Crippen molar-refractivity contribution >= 4 is 23.9 Å². The number of aromatic nitrogens is 5. The lowest BCUT2D eigenvalue weighted by Gasteiger charge is -2.16. The van der Waals surface area contributed by atoms with Crippen LogP contribution in [0, 0.1) is 19.7 Å². The molecule has 1 aromatic carbocycles. The molecule has 0 spiro atoms. The molecule has 0 bridgehead atoms. The summed E-state index contributed by atoms with van der Waals surface area (Å²) in [6, 6.07) is 5.10. The number of rotatable bonds is 1. The van der Waals surface area contributed by atoms with Gasteiger partial charge in [-0.05, 0) is 32.0 Å². The van der Waals surface area contributed by atoms with E-state index in [-0.39, 0.29) is 24.1 Å². The number of anilines is 1. The molecule has 32 heavy (non-hydrogen) atoms. The molecular weight excluding hydrogens is 435 g/mol. The number of halogens is 2. The second-order valence-corrected chi connectivity index (χ2v) is 8.07. The molecule has 0 saturated carbocycles. The van der Waals surface area contributed by atoms with Crippen LogP contribution in [0.4, 0.5) is 10.2 Å². The normalized spacial score (nSPS) is 16.6. The molecule has 0 radical (unpaired) electrons. The third-order valence-electron chi connectivity index (χ3n) is 6.38. The maximum absolute atomic E-state index is 14.7. The van der Waals surface area contributed by atoms with Gasteiger partial charge in [-0.1, -0.05) is 0 Å². The van der Waals surface area contributed by atoms with Crippen LogP contribution in [-0.2, 0) is 13.6 Å². The van der Waals surface area contributed by atoms with Crippen molar-refractivity contribution in [2.24, 2.45) is 7.05 Å². The van der Waals surface area contributed by atoms with Crippen molar-refractivity contribution in [3.63, 3.8) is 0 Å². The molecule has 5 heterocycles. The number of nitrogens with one attached hydrogen (secondary N) is 1. The maximum atomic E-state index is 14.7. The van der Waals surface area contributed by atoms with Gasteiger partial charge >= 0.3 is 0 Å². The Morgan fingerprint density at radius 2 is 1.94 bits per heavy atom. The summed E-state index contributed by atoms with van der Waals surface area (Å²) in [5.41, 5.74) is 5.01. The van der Waals surface area contributed by atoms with Gasteiger partial charge in [-0.3, -0.25) is 4.40 Å². The summed E-state index contributed by atoms with van der Waals surface area (Å²) >= 11 is 0. The quantitative estimate of drug-likeness (QED) is 0.469. The first-order valence-electron chi connectivity index (χ1n) is 10.2. The van der Waals surface area contributed by atoms with Crippen LogP contribution in [0.3, 0.4) is 0 Å². The van der Waals surface area contributed by atoms with Gasteiger partial charge in [-0.25, -0.2) is 9.37 Å². The number of ether oxygens (including phenoxy) is 2. The van der Waals surface area contributed by atoms with Crippen molar-refractivity contribution < 1.29 is 13.9 Å². The smallest absolute Gasteiger partial charge is 0.173 e. The van der Waals surface area contributed by atoms with Gasteiger partial charge in [0.2, 0.25) is 0 Å². The summed E-state index contributed by atoms with van der Waals surface area (Å²) in [7, 11) is 1.98. The summed E-state index contributed by atoms with van der Waals surface area (Å²) in [5, 5.41) is 11.8. The zero-order valence-corrected chi connectivity index (χ0v) is 18.7. The summed E-state index contributed by atoms with van der Waals surface area (Å²) in [6.07, 6.45) is 1.63. The molecule has 0 fully saturated rings. The molecular formula is C22H22ClFN6O2. The Balaban J connectivity index is 0.00000216. The predicted molar refractivity (Wildman–Crippen MR) is 119 cm³/mol. The predicted octanol–water partition coefficient (Wildman–Crippen LogP) is 3.79. The Bertz CT molecular complexity index is 1360. The number of pyridine rings is 1. The molecule has 0 saturated heterocycles. The Hall–Kier alpha value is -3.33. The van der Waals surface area contributed by atoms with Gasteiger partial charge in [-0.15, -0.1) is 22.6 Å². The van der Waals surface area contributed by atoms with E-state index < -0.39 is 0 Å². The first kappa shape index (κ1) is 20.6. The van der Waals surface area contributed by atoms with Gasteiger partial charge in [0, 0.05) is 30.4 Å². The Morgan fingerprint density at radius 3 is 2.69 bits per heavy atom. The number of hydrogen-bond acceptors (Lipinski definition) is 6. The van der Waals surface area contributed by atoms with Gasteiger partial charge in [0.05, 0.1) is 30.4 Å². The van der Waals surface area contributed by atoms with E-state index in [1.165, 1.54) is 6.07 Å². The molecule has 10 heteroatoms. The minimum atomic E-state index is -0.249. The second-order valence-electron chi connectivity index (χ2n) is 8.07. The van der Waals surface area contributed by atoms with Crippen molar-refractivity contribution in [1.29, 1.82) is 0 Å². The summed E-state index contributed by atoms with van der Waals surface area (Å²) in [4.78, 5) is 4.74. The number of benzene rings is 1. The van der Waals surface area contributed by atoms with Crippen LogP contribution < -0.4 is 14.8 Å². The maximum Gasteiger partial charge on any atom is 0.173 e. The van der Waals surface area contributed by atoms with Crippen LogP contribution >= 0.6 is 12.4 Å². The fourth-order valence-corrected chi connectivity index (χ4v) is 4.51. The number of nitrogens with zero attached hydrogens (tertiary/aromatic N) is 5. The van der Waals surface area contributed by atoms with Gasteiger partial charge in [0.25, 0.3) is 0 Å². The van der Waals surface area contributed by atoms with Crippen LogP contribution in [0.25, 0.3) is 17.0 Å². The Kier molecular flexibility index (Phi) is 4.74. The minimum Gasteiger partial charge on any atom is -0.493 e. The molecule has 8 nitrogen and oxygen atoms in total. The molecule has 2 aliphatic rings. The van der Waals surface area contributed by atoms with Gasteiger partial charge in [0.15, 0.2) is 17.2 Å². The van der Waals surface area contributed by atoms with E-state index in [1.54, 1.807) is 12.4 Å². The highest BCUT2D eigenvalue weighted by Crippen LogP contribution is 2.41. The van der Waals surface area contributed by atoms with Crippen molar-refractivity contribution in [3.05, 3.63) is 52.9 Å². The molecule has 1 N–H and O–H groups in total. The third kappa shape index (κ3) is 2.84. The van der Waals surface area contributed by atoms with Crippen LogP contribution in [-0.4, -0.2) is 37.4 Å². The monoisotopic (exact) mass is 456 g/mol. The van der Waals surface area contributed by atoms with Gasteiger partial charge in [0.1, 0.15) is 23.7 Å². The molecule has 6 rings (SSSR count). The SMILES string of the molecule is Cc1nc(-c2cc3c(n4cnnc24)NCc2c(F)ccc4c2[C@H](CO4)CO3)n(C)c1C.Cl. The van der Waals surface area contributed by atoms with E-state index in [2.05, 4.69) is 15.5 Å². The zero-order valence-electron chi connectivity index (χ0n) is 17.8. The summed E-state index contributed by atoms with van der Waals surface area (Å²) in [5.74, 6) is 2.56. The van der Waals surface area contributed by atoms with Crippen LogP contribution in [0.1, 0.15) is 28.4 Å². The average Bonchev–Trinajstić information content (AvgIpc) is 3.47. The van der Waals surface area contributed by atoms with Crippen LogP contribution in [0.2, 0.25) is 0 Å². The standard InChI is InChI=1S/C22H21FN6O2.ClH/c1-11-12(2)28(3)20(26-11)14-6-18-22(29-10-25-27-21(14)29)24-7-15-16(23)4-5-17-19(15)13(8-30-17)9-31-18;/h4-6,10,13,24H,7-9H2,1-3H3;1H/t13-;/m1./s1. The third-order valence-corrected chi connectivity index (χ3v) is 6.38. The van der Waals surface area contributed by atoms with E-state index in [0.29, 0.717) is 42.5 Å². The second kappa shape index (κ2) is 7.37. The number of aryl methyl sites for hydroxylation is 1. The zero-order chi connectivity index (χ0) is 21.3. The number of imidazole rings is 1. The highest BCUT2D eigenvalue weighted by Gasteiger charge is 2.32. The van der Waals surface area contributed by atoms with Crippen molar-refractivity contribution in [3.8, 4) is 22.9 Å². The molecule has 0 amide bonds. The largest absolute Gasteiger partial charge is 0.493 e. The lowest BCUT2D eigenvalue weighted by Crippen LogP contribution is -2.13. The van der Waals surface area contributed by atoms with E-state index in [4.69, 9.17) is 14.5 Å². The van der Waals surface area contributed by atoms with E-state index in [0.717, 1.165) is 34.1 Å². The van der Waals surface area contributed by atoms with Crippen LogP contribution in [0.15, 0.2) is 24.5 Å². The average molecular weight is 457 g/mol. The van der Waals surface area contributed by atoms with E-state index in [9.17, 15) is 4.39 Å². The van der Waals surface area contributed by atoms with Gasteiger partial charge in [-0.2, -0.15) is 0 Å². The molecule has 4 aromatic rings. The fraction of sp³-hybridized carbons (Fsp3) is 0.318. The Morgan fingerprint density at radius 1 is 1.16 bits per heavy atom. The van der Waals surface area contributed by atoms with Crippen LogP contribution in [0.5, 0.6) is 11.5 Å². The highest BCUT2D eigenvalue weighted by molar-refractivity contribution is 5.85. The lowest BCUT2D eigenvalue weighted by atomic mass is 9.96. The van der Waals surface area contributed by atoms with Gasteiger partial charge < -0.3 is 19.4 Å². The van der Waals surface area contributed by atoms with Crippen molar-refractivity contribution in [2.75, 3.05) is 18.5 Å². The summed E-state index contributed by atoms with van der Waals surface area (Å²) < 4.78 is 30.7. The molecule has 0 unspecified atom stereocenters. The number of hydrogen-bond donors (Lipinski definition) is 1. The molecule has 1 atom stereocenters. The van der Waals surface area contributed by atoms with Crippen molar-refractivity contribution in [1.82, 2.24) is 24.1 Å². The fourth-order valence-electron chi connectivity index (χ4n) is 4.51.